The number of hydrogen-bond donors (Lipinski definition) is 0. The average molecular weight is 357 g/mol. The minimum absolute atomic E-state index is 0.0401. The largest absolute Gasteiger partial charge is 0.316 e. The van der Waals surface area contributed by atoms with Crippen LogP contribution < -0.4 is 4.90 Å². The number of amides is 1. The van der Waals surface area contributed by atoms with E-state index in [0.29, 0.717) is 19.5 Å². The Bertz CT molecular complexity index is 1060. The SMILES string of the molecule is C#CCn1c([C@@H]2CC(=O)N(c3c(C)cc(C)cc3C)C2)nc2ccccc21. The number of aromatic nitrogens is 2. The Morgan fingerprint density at radius 2 is 1.89 bits per heavy atom. The van der Waals surface area contributed by atoms with Gasteiger partial charge in [0.05, 0.1) is 17.6 Å². The molecule has 1 atom stereocenters. The third-order valence-corrected chi connectivity index (χ3v) is 5.33. The number of aryl methyl sites for hydroxylation is 3. The second kappa shape index (κ2) is 6.59. The van der Waals surface area contributed by atoms with Gasteiger partial charge in [-0.15, -0.1) is 6.42 Å². The summed E-state index contributed by atoms with van der Waals surface area (Å²) >= 11 is 0. The summed E-state index contributed by atoms with van der Waals surface area (Å²) in [5.41, 5.74) is 6.48. The second-order valence-corrected chi connectivity index (χ2v) is 7.40. The third-order valence-electron chi connectivity index (χ3n) is 5.33. The Labute approximate surface area is 159 Å². The number of anilines is 1. The molecule has 4 nitrogen and oxygen atoms in total. The highest BCUT2D eigenvalue weighted by atomic mass is 16.2. The van der Waals surface area contributed by atoms with Gasteiger partial charge < -0.3 is 9.47 Å². The van der Waals surface area contributed by atoms with E-state index in [0.717, 1.165) is 33.7 Å². The molecule has 4 heteroatoms. The number of imidazole rings is 1. The minimum atomic E-state index is 0.0401. The van der Waals surface area contributed by atoms with E-state index < -0.39 is 0 Å². The molecule has 0 saturated carbocycles. The third kappa shape index (κ3) is 2.90. The van der Waals surface area contributed by atoms with Crippen molar-refractivity contribution in [2.45, 2.75) is 39.7 Å². The van der Waals surface area contributed by atoms with Gasteiger partial charge >= 0.3 is 0 Å². The number of para-hydroxylation sites is 2. The molecule has 1 fully saturated rings. The maximum absolute atomic E-state index is 12.9. The van der Waals surface area contributed by atoms with Crippen molar-refractivity contribution in [2.75, 3.05) is 11.4 Å². The Morgan fingerprint density at radius 1 is 1.19 bits per heavy atom. The summed E-state index contributed by atoms with van der Waals surface area (Å²) in [7, 11) is 0. The molecule has 1 saturated heterocycles. The van der Waals surface area contributed by atoms with Crippen molar-refractivity contribution in [2.24, 2.45) is 0 Å². The first-order chi connectivity index (χ1) is 13.0. The van der Waals surface area contributed by atoms with Crippen LogP contribution in [0.3, 0.4) is 0 Å². The van der Waals surface area contributed by atoms with Gasteiger partial charge in [-0.2, -0.15) is 0 Å². The molecule has 136 valence electrons. The van der Waals surface area contributed by atoms with Crippen LogP contribution >= 0.6 is 0 Å². The van der Waals surface area contributed by atoms with E-state index in [1.165, 1.54) is 5.56 Å². The first-order valence-corrected chi connectivity index (χ1v) is 9.26. The van der Waals surface area contributed by atoms with Crippen LogP contribution in [0.25, 0.3) is 11.0 Å². The van der Waals surface area contributed by atoms with Gasteiger partial charge in [0.25, 0.3) is 0 Å². The molecule has 2 heterocycles. The lowest BCUT2D eigenvalue weighted by Gasteiger charge is -2.22. The van der Waals surface area contributed by atoms with Crippen LogP contribution in [-0.2, 0) is 11.3 Å². The van der Waals surface area contributed by atoms with Crippen molar-refractivity contribution in [3.63, 3.8) is 0 Å². The van der Waals surface area contributed by atoms with E-state index in [1.54, 1.807) is 0 Å². The molecule has 0 N–H and O–H groups in total. The zero-order valence-electron chi connectivity index (χ0n) is 16.0. The summed E-state index contributed by atoms with van der Waals surface area (Å²) < 4.78 is 2.08. The first kappa shape index (κ1) is 17.4. The van der Waals surface area contributed by atoms with Crippen LogP contribution in [0.15, 0.2) is 36.4 Å². The van der Waals surface area contributed by atoms with Gasteiger partial charge in [-0.3, -0.25) is 4.79 Å². The fourth-order valence-corrected chi connectivity index (χ4v) is 4.36. The van der Waals surface area contributed by atoms with Gasteiger partial charge in [-0.05, 0) is 44.0 Å². The van der Waals surface area contributed by atoms with Gasteiger partial charge in [0, 0.05) is 24.6 Å². The van der Waals surface area contributed by atoms with Crippen LogP contribution in [0.4, 0.5) is 5.69 Å². The second-order valence-electron chi connectivity index (χ2n) is 7.40. The lowest BCUT2D eigenvalue weighted by molar-refractivity contribution is -0.117. The van der Waals surface area contributed by atoms with Gasteiger partial charge in [0.15, 0.2) is 0 Å². The number of carbonyl (C=O) groups is 1. The molecular weight excluding hydrogens is 334 g/mol. The number of carbonyl (C=O) groups excluding carboxylic acids is 1. The van der Waals surface area contributed by atoms with E-state index in [9.17, 15) is 4.79 Å². The smallest absolute Gasteiger partial charge is 0.227 e. The number of hydrogen-bond acceptors (Lipinski definition) is 2. The Kier molecular flexibility index (Phi) is 4.24. The molecule has 0 bridgehead atoms. The van der Waals surface area contributed by atoms with E-state index >= 15 is 0 Å². The fourth-order valence-electron chi connectivity index (χ4n) is 4.36. The molecule has 0 aliphatic carbocycles. The summed E-state index contributed by atoms with van der Waals surface area (Å²) in [6.45, 7) is 7.33. The summed E-state index contributed by atoms with van der Waals surface area (Å²) in [6, 6.07) is 12.3. The zero-order chi connectivity index (χ0) is 19.1. The molecule has 1 aliphatic rings. The van der Waals surface area contributed by atoms with Crippen LogP contribution in [-0.4, -0.2) is 22.0 Å². The summed E-state index contributed by atoms with van der Waals surface area (Å²) in [5.74, 6) is 3.83. The molecule has 1 aliphatic heterocycles. The van der Waals surface area contributed by atoms with Crippen LogP contribution in [0.5, 0.6) is 0 Å². The van der Waals surface area contributed by atoms with Crippen molar-refractivity contribution < 1.29 is 4.79 Å². The average Bonchev–Trinajstić information content (AvgIpc) is 3.16. The Morgan fingerprint density at radius 3 is 2.59 bits per heavy atom. The summed E-state index contributed by atoms with van der Waals surface area (Å²) in [5, 5.41) is 0. The number of rotatable bonds is 3. The maximum atomic E-state index is 12.9. The molecule has 27 heavy (non-hydrogen) atoms. The molecule has 2 aromatic carbocycles. The van der Waals surface area contributed by atoms with Gasteiger partial charge in [-0.25, -0.2) is 4.98 Å². The van der Waals surface area contributed by atoms with Crippen molar-refractivity contribution in [1.29, 1.82) is 0 Å². The molecule has 4 rings (SSSR count). The number of nitrogens with zero attached hydrogens (tertiary/aromatic N) is 3. The van der Waals surface area contributed by atoms with E-state index in [4.69, 9.17) is 11.4 Å². The highest BCUT2D eigenvalue weighted by Crippen LogP contribution is 2.36. The van der Waals surface area contributed by atoms with Crippen molar-refractivity contribution in [3.8, 4) is 12.3 Å². The quantitative estimate of drug-likeness (QED) is 0.662. The predicted molar refractivity (Wildman–Crippen MR) is 109 cm³/mol. The monoisotopic (exact) mass is 357 g/mol. The van der Waals surface area contributed by atoms with E-state index in [2.05, 4.69) is 43.4 Å². The molecule has 0 radical (unpaired) electrons. The van der Waals surface area contributed by atoms with Crippen LogP contribution in [0.2, 0.25) is 0 Å². The van der Waals surface area contributed by atoms with E-state index in [-0.39, 0.29) is 11.8 Å². The summed E-state index contributed by atoms with van der Waals surface area (Å²) in [6.07, 6.45) is 6.06. The lowest BCUT2D eigenvalue weighted by atomic mass is 10.0. The zero-order valence-corrected chi connectivity index (χ0v) is 16.0. The molecule has 1 aromatic heterocycles. The Hall–Kier alpha value is -3.06. The van der Waals surface area contributed by atoms with Gasteiger partial charge in [-0.1, -0.05) is 35.7 Å². The minimum Gasteiger partial charge on any atom is -0.316 e. The maximum Gasteiger partial charge on any atom is 0.227 e. The van der Waals surface area contributed by atoms with Crippen LogP contribution in [0, 0.1) is 33.1 Å². The number of terminal acetylenes is 1. The molecular formula is C23H23N3O. The first-order valence-electron chi connectivity index (χ1n) is 9.26. The van der Waals surface area contributed by atoms with Crippen LogP contribution in [0.1, 0.15) is 34.9 Å². The molecule has 3 aromatic rings. The van der Waals surface area contributed by atoms with Crippen molar-refractivity contribution in [1.82, 2.24) is 9.55 Å². The Balaban J connectivity index is 1.75. The van der Waals surface area contributed by atoms with Gasteiger partial charge in [0.2, 0.25) is 5.91 Å². The molecule has 0 spiro atoms. The number of benzene rings is 2. The lowest BCUT2D eigenvalue weighted by Crippen LogP contribution is -2.26. The van der Waals surface area contributed by atoms with E-state index in [1.807, 2.05) is 29.2 Å². The topological polar surface area (TPSA) is 38.1 Å². The number of fused-ring (bicyclic) bond motifs is 1. The fraction of sp³-hybridized carbons (Fsp3) is 0.304. The molecule has 1 amide bonds. The normalized spacial score (nSPS) is 16.9. The highest BCUT2D eigenvalue weighted by molar-refractivity contribution is 5.98. The highest BCUT2D eigenvalue weighted by Gasteiger charge is 2.35. The van der Waals surface area contributed by atoms with Gasteiger partial charge in [0.1, 0.15) is 5.82 Å². The molecule has 0 unspecified atom stereocenters. The predicted octanol–water partition coefficient (Wildman–Crippen LogP) is 4.12. The van der Waals surface area contributed by atoms with Crippen molar-refractivity contribution >= 4 is 22.6 Å². The summed E-state index contributed by atoms with van der Waals surface area (Å²) in [4.78, 5) is 19.6. The van der Waals surface area contributed by atoms with Crippen molar-refractivity contribution in [3.05, 3.63) is 58.9 Å². The standard InChI is InChI=1S/C23H23N3O/c1-5-10-25-20-9-7-6-8-19(20)24-23(25)18-13-21(27)26(14-18)22-16(3)11-15(2)12-17(22)4/h1,6-9,11-12,18H,10,13-14H2,2-4H3/t18-/m1/s1.